The van der Waals surface area contributed by atoms with Crippen molar-refractivity contribution in [3.8, 4) is 0 Å². The predicted molar refractivity (Wildman–Crippen MR) is 82.9 cm³/mol. The van der Waals surface area contributed by atoms with Crippen LogP contribution in [0.5, 0.6) is 0 Å². The summed E-state index contributed by atoms with van der Waals surface area (Å²) in [6.07, 6.45) is 0. The Morgan fingerprint density at radius 2 is 1.16 bits per heavy atom. The standard InChI is InChI=1S/C12H8Cl2O2S3/c13-9-5-7(1-3-11(9)17)19(15,16)8-2-4-12(18)10(14)6-8/h1-6,17-18H. The van der Waals surface area contributed by atoms with Crippen LogP contribution in [0.1, 0.15) is 0 Å². The van der Waals surface area contributed by atoms with Crippen LogP contribution in [0.3, 0.4) is 0 Å². The molecule has 2 rings (SSSR count). The van der Waals surface area contributed by atoms with Crippen molar-refractivity contribution in [1.82, 2.24) is 0 Å². The summed E-state index contributed by atoms with van der Waals surface area (Å²) in [5, 5.41) is 0.558. The maximum absolute atomic E-state index is 12.4. The van der Waals surface area contributed by atoms with Crippen LogP contribution in [0.2, 0.25) is 10.0 Å². The Labute approximate surface area is 132 Å². The maximum Gasteiger partial charge on any atom is 0.206 e. The zero-order valence-electron chi connectivity index (χ0n) is 9.34. The van der Waals surface area contributed by atoms with E-state index in [-0.39, 0.29) is 19.8 Å². The van der Waals surface area contributed by atoms with E-state index >= 15 is 0 Å². The first kappa shape index (κ1) is 15.1. The molecule has 0 fully saturated rings. The molecule has 2 aromatic carbocycles. The molecular weight excluding hydrogens is 343 g/mol. The minimum absolute atomic E-state index is 0.0956. The van der Waals surface area contributed by atoms with Crippen LogP contribution >= 0.6 is 48.5 Å². The molecule has 0 saturated carbocycles. The first-order valence-electron chi connectivity index (χ1n) is 5.04. The molecule has 0 radical (unpaired) electrons. The third-order valence-electron chi connectivity index (χ3n) is 2.46. The molecule has 0 spiro atoms. The van der Waals surface area contributed by atoms with Crippen LogP contribution < -0.4 is 0 Å². The summed E-state index contributed by atoms with van der Waals surface area (Å²) >= 11 is 20.0. The molecule has 0 amide bonds. The van der Waals surface area contributed by atoms with E-state index in [1.807, 2.05) is 0 Å². The number of sulfone groups is 1. The molecule has 0 saturated heterocycles. The van der Waals surface area contributed by atoms with Crippen LogP contribution in [0.25, 0.3) is 0 Å². The van der Waals surface area contributed by atoms with Crippen molar-refractivity contribution < 1.29 is 8.42 Å². The molecule has 0 heterocycles. The van der Waals surface area contributed by atoms with Crippen molar-refractivity contribution in [2.45, 2.75) is 19.6 Å². The van der Waals surface area contributed by atoms with E-state index in [0.717, 1.165) is 0 Å². The molecule has 0 N–H and O–H groups in total. The van der Waals surface area contributed by atoms with Crippen LogP contribution in [0.15, 0.2) is 56.0 Å². The summed E-state index contributed by atoms with van der Waals surface area (Å²) in [6, 6.07) is 8.70. The van der Waals surface area contributed by atoms with E-state index < -0.39 is 9.84 Å². The number of benzene rings is 2. The van der Waals surface area contributed by atoms with E-state index in [4.69, 9.17) is 23.2 Å². The molecule has 0 atom stereocenters. The molecule has 7 heteroatoms. The number of rotatable bonds is 2. The third-order valence-corrected chi connectivity index (χ3v) is 5.88. The summed E-state index contributed by atoms with van der Waals surface area (Å²) in [7, 11) is -3.65. The maximum atomic E-state index is 12.4. The molecule has 0 aliphatic rings. The topological polar surface area (TPSA) is 34.1 Å². The van der Waals surface area contributed by atoms with Crippen molar-refractivity contribution in [1.29, 1.82) is 0 Å². The lowest BCUT2D eigenvalue weighted by Crippen LogP contribution is -2.02. The van der Waals surface area contributed by atoms with Crippen LogP contribution in [-0.4, -0.2) is 8.42 Å². The Morgan fingerprint density at radius 1 is 0.789 bits per heavy atom. The van der Waals surface area contributed by atoms with Gasteiger partial charge in [0.05, 0.1) is 19.8 Å². The van der Waals surface area contributed by atoms with Crippen LogP contribution in [-0.2, 0) is 9.84 Å². The summed E-state index contributed by atoms with van der Waals surface area (Å²) in [6.45, 7) is 0. The van der Waals surface area contributed by atoms with E-state index in [1.54, 1.807) is 0 Å². The Hall–Kier alpha value is -0.330. The van der Waals surface area contributed by atoms with Crippen molar-refractivity contribution in [2.75, 3.05) is 0 Å². The highest BCUT2D eigenvalue weighted by atomic mass is 35.5. The second-order valence-corrected chi connectivity index (χ2v) is 7.46. The molecule has 0 aliphatic heterocycles. The van der Waals surface area contributed by atoms with E-state index in [9.17, 15) is 8.42 Å². The number of thiol groups is 2. The van der Waals surface area contributed by atoms with Gasteiger partial charge in [-0.05, 0) is 36.4 Å². The Morgan fingerprint density at radius 3 is 1.47 bits per heavy atom. The van der Waals surface area contributed by atoms with Gasteiger partial charge in [0.25, 0.3) is 0 Å². The lowest BCUT2D eigenvalue weighted by atomic mass is 10.3. The van der Waals surface area contributed by atoms with Gasteiger partial charge in [-0.2, -0.15) is 0 Å². The smallest absolute Gasteiger partial charge is 0.206 e. The van der Waals surface area contributed by atoms with Crippen molar-refractivity contribution in [2.24, 2.45) is 0 Å². The normalized spacial score (nSPS) is 11.6. The molecule has 2 nitrogen and oxygen atoms in total. The predicted octanol–water partition coefficient (Wildman–Crippen LogP) is 4.40. The van der Waals surface area contributed by atoms with Gasteiger partial charge in [-0.25, -0.2) is 8.42 Å². The highest BCUT2D eigenvalue weighted by Crippen LogP contribution is 2.30. The molecule has 19 heavy (non-hydrogen) atoms. The summed E-state index contributed by atoms with van der Waals surface area (Å²) < 4.78 is 24.8. The first-order valence-corrected chi connectivity index (χ1v) is 8.18. The van der Waals surface area contributed by atoms with Gasteiger partial charge in [-0.15, -0.1) is 25.3 Å². The monoisotopic (exact) mass is 350 g/mol. The van der Waals surface area contributed by atoms with E-state index in [2.05, 4.69) is 25.3 Å². The second-order valence-electron chi connectivity index (χ2n) is 3.73. The van der Waals surface area contributed by atoms with Gasteiger partial charge >= 0.3 is 0 Å². The fraction of sp³-hybridized carbons (Fsp3) is 0. The number of hydrogen-bond acceptors (Lipinski definition) is 4. The minimum Gasteiger partial charge on any atom is -0.219 e. The van der Waals surface area contributed by atoms with Crippen molar-refractivity contribution in [3.63, 3.8) is 0 Å². The largest absolute Gasteiger partial charge is 0.219 e. The SMILES string of the molecule is O=S(=O)(c1ccc(S)c(Cl)c1)c1ccc(S)c(Cl)c1. The number of hydrogen-bond donors (Lipinski definition) is 2. The van der Waals surface area contributed by atoms with Gasteiger partial charge in [-0.1, -0.05) is 23.2 Å². The van der Waals surface area contributed by atoms with Crippen molar-refractivity contribution >= 4 is 58.3 Å². The van der Waals surface area contributed by atoms with Gasteiger partial charge in [-0.3, -0.25) is 0 Å². The van der Waals surface area contributed by atoms with Crippen molar-refractivity contribution in [3.05, 3.63) is 46.4 Å². The van der Waals surface area contributed by atoms with Gasteiger partial charge in [0, 0.05) is 9.79 Å². The van der Waals surface area contributed by atoms with Gasteiger partial charge < -0.3 is 0 Å². The Bertz CT molecular complexity index is 685. The zero-order chi connectivity index (χ0) is 14.2. The average Bonchev–Trinajstić information content (AvgIpc) is 2.35. The Balaban J connectivity index is 2.58. The molecule has 0 aliphatic carbocycles. The quantitative estimate of drug-likeness (QED) is 0.787. The summed E-state index contributed by atoms with van der Waals surface area (Å²) in [4.78, 5) is 1.23. The molecular formula is C12H8Cl2O2S3. The van der Waals surface area contributed by atoms with Gasteiger partial charge in [0.1, 0.15) is 0 Å². The molecule has 100 valence electrons. The van der Waals surface area contributed by atoms with Gasteiger partial charge in [0.15, 0.2) is 0 Å². The molecule has 2 aromatic rings. The van der Waals surface area contributed by atoms with Crippen LogP contribution in [0, 0.1) is 0 Å². The lowest BCUT2D eigenvalue weighted by molar-refractivity contribution is 0.596. The highest BCUT2D eigenvalue weighted by molar-refractivity contribution is 7.91. The Kier molecular flexibility index (Phi) is 4.42. The van der Waals surface area contributed by atoms with Crippen LogP contribution in [0.4, 0.5) is 0 Å². The lowest BCUT2D eigenvalue weighted by Gasteiger charge is -2.07. The zero-order valence-corrected chi connectivity index (χ0v) is 13.5. The molecule has 0 bridgehead atoms. The third kappa shape index (κ3) is 3.06. The number of halogens is 2. The van der Waals surface area contributed by atoms with Gasteiger partial charge in [0.2, 0.25) is 9.84 Å². The summed E-state index contributed by atoms with van der Waals surface area (Å²) in [5.74, 6) is 0. The fourth-order valence-electron chi connectivity index (χ4n) is 1.45. The summed E-state index contributed by atoms with van der Waals surface area (Å²) in [5.41, 5.74) is 0. The first-order chi connectivity index (χ1) is 8.82. The van der Waals surface area contributed by atoms with E-state index in [0.29, 0.717) is 9.79 Å². The molecule has 0 aromatic heterocycles. The van der Waals surface area contributed by atoms with E-state index in [1.165, 1.54) is 36.4 Å². The fourth-order valence-corrected chi connectivity index (χ4v) is 3.53. The average molecular weight is 351 g/mol. The molecule has 0 unspecified atom stereocenters. The highest BCUT2D eigenvalue weighted by Gasteiger charge is 2.19. The second kappa shape index (κ2) is 5.58. The minimum atomic E-state index is -3.65.